The quantitative estimate of drug-likeness (QED) is 0.569. The first-order chi connectivity index (χ1) is 7.65. The zero-order chi connectivity index (χ0) is 12.0. The molecule has 1 saturated heterocycles. The summed E-state index contributed by atoms with van der Waals surface area (Å²) in [6.45, 7) is 1.08. The summed E-state index contributed by atoms with van der Waals surface area (Å²) in [5, 5.41) is 19.9. The topological polar surface area (TPSA) is 99.1 Å². The number of aliphatic hydroxyl groups is 1. The molecule has 1 unspecified atom stereocenters. The van der Waals surface area contributed by atoms with E-state index in [9.17, 15) is 9.59 Å². The minimum absolute atomic E-state index is 0.0870. The SMILES string of the molecule is O=C(O)CCNC(=O)N1CCOCC1CO. The van der Waals surface area contributed by atoms with Crippen LogP contribution in [0.4, 0.5) is 4.79 Å². The lowest BCUT2D eigenvalue weighted by Crippen LogP contribution is -2.54. The van der Waals surface area contributed by atoms with Gasteiger partial charge in [-0.05, 0) is 0 Å². The third kappa shape index (κ3) is 3.67. The van der Waals surface area contributed by atoms with E-state index in [1.165, 1.54) is 4.90 Å². The Morgan fingerprint density at radius 2 is 2.25 bits per heavy atom. The first-order valence-corrected chi connectivity index (χ1v) is 5.10. The van der Waals surface area contributed by atoms with Gasteiger partial charge in [0.15, 0.2) is 0 Å². The van der Waals surface area contributed by atoms with Crippen molar-refractivity contribution in [1.29, 1.82) is 0 Å². The predicted octanol–water partition coefficient (Wildman–Crippen LogP) is -1.14. The number of carboxylic acid groups (broad SMARTS) is 1. The number of aliphatic carboxylic acids is 1. The van der Waals surface area contributed by atoms with Crippen LogP contribution in [0.25, 0.3) is 0 Å². The molecule has 1 fully saturated rings. The lowest BCUT2D eigenvalue weighted by molar-refractivity contribution is -0.136. The minimum atomic E-state index is -0.957. The van der Waals surface area contributed by atoms with Gasteiger partial charge in [0.2, 0.25) is 0 Å². The van der Waals surface area contributed by atoms with Crippen molar-refractivity contribution in [1.82, 2.24) is 10.2 Å². The van der Waals surface area contributed by atoms with E-state index in [2.05, 4.69) is 5.32 Å². The van der Waals surface area contributed by atoms with E-state index in [0.29, 0.717) is 19.8 Å². The van der Waals surface area contributed by atoms with Crippen molar-refractivity contribution in [2.45, 2.75) is 12.5 Å². The molecular weight excluding hydrogens is 216 g/mol. The Hall–Kier alpha value is -1.34. The first-order valence-electron chi connectivity index (χ1n) is 5.10. The van der Waals surface area contributed by atoms with Gasteiger partial charge in [0.1, 0.15) is 0 Å². The van der Waals surface area contributed by atoms with Crippen LogP contribution in [-0.2, 0) is 9.53 Å². The summed E-state index contributed by atoms with van der Waals surface area (Å²) in [7, 11) is 0. The Balaban J connectivity index is 2.35. The molecule has 16 heavy (non-hydrogen) atoms. The maximum Gasteiger partial charge on any atom is 0.317 e. The number of amides is 2. The van der Waals surface area contributed by atoms with E-state index in [-0.39, 0.29) is 31.6 Å². The average molecular weight is 232 g/mol. The summed E-state index contributed by atoms with van der Waals surface area (Å²) in [5.41, 5.74) is 0. The normalized spacial score (nSPS) is 20.6. The molecule has 2 amide bonds. The first kappa shape index (κ1) is 12.7. The molecule has 0 aromatic rings. The zero-order valence-corrected chi connectivity index (χ0v) is 8.89. The fourth-order valence-electron chi connectivity index (χ4n) is 1.45. The van der Waals surface area contributed by atoms with Crippen LogP contribution < -0.4 is 5.32 Å². The summed E-state index contributed by atoms with van der Waals surface area (Å²) in [5.74, 6) is -0.957. The molecule has 0 aromatic carbocycles. The fourth-order valence-corrected chi connectivity index (χ4v) is 1.45. The smallest absolute Gasteiger partial charge is 0.317 e. The molecule has 3 N–H and O–H groups in total. The highest BCUT2D eigenvalue weighted by Crippen LogP contribution is 2.06. The molecule has 0 spiro atoms. The van der Waals surface area contributed by atoms with Gasteiger partial charge in [-0.1, -0.05) is 0 Å². The molecule has 0 saturated carbocycles. The van der Waals surface area contributed by atoms with Gasteiger partial charge in [-0.15, -0.1) is 0 Å². The molecule has 7 nitrogen and oxygen atoms in total. The van der Waals surface area contributed by atoms with E-state index in [0.717, 1.165) is 0 Å². The monoisotopic (exact) mass is 232 g/mol. The maximum atomic E-state index is 11.6. The third-order valence-electron chi connectivity index (χ3n) is 2.31. The minimum Gasteiger partial charge on any atom is -0.481 e. The number of carbonyl (C=O) groups is 2. The molecule has 1 atom stereocenters. The predicted molar refractivity (Wildman–Crippen MR) is 54.1 cm³/mol. The van der Waals surface area contributed by atoms with Crippen LogP contribution in [0.5, 0.6) is 0 Å². The molecule has 1 aliphatic heterocycles. The van der Waals surface area contributed by atoms with Gasteiger partial charge in [0, 0.05) is 13.1 Å². The summed E-state index contributed by atoms with van der Waals surface area (Å²) in [6, 6.07) is -0.706. The van der Waals surface area contributed by atoms with Crippen LogP contribution in [0.15, 0.2) is 0 Å². The van der Waals surface area contributed by atoms with Crippen LogP contribution in [0.2, 0.25) is 0 Å². The summed E-state index contributed by atoms with van der Waals surface area (Å²) >= 11 is 0. The molecule has 1 aliphatic rings. The molecule has 1 heterocycles. The van der Waals surface area contributed by atoms with E-state index in [4.69, 9.17) is 14.9 Å². The highest BCUT2D eigenvalue weighted by molar-refractivity contribution is 5.75. The van der Waals surface area contributed by atoms with Crippen LogP contribution in [0, 0.1) is 0 Å². The number of hydrogen-bond donors (Lipinski definition) is 3. The Labute approximate surface area is 93.0 Å². The number of nitrogens with zero attached hydrogens (tertiary/aromatic N) is 1. The lowest BCUT2D eigenvalue weighted by atomic mass is 10.2. The number of morpholine rings is 1. The lowest BCUT2D eigenvalue weighted by Gasteiger charge is -2.34. The van der Waals surface area contributed by atoms with E-state index in [1.807, 2.05) is 0 Å². The second-order valence-electron chi connectivity index (χ2n) is 3.48. The summed E-state index contributed by atoms with van der Waals surface area (Å²) in [6.07, 6.45) is -0.111. The van der Waals surface area contributed by atoms with Gasteiger partial charge >= 0.3 is 12.0 Å². The average Bonchev–Trinajstić information content (AvgIpc) is 2.28. The number of aliphatic hydroxyl groups excluding tert-OH is 1. The summed E-state index contributed by atoms with van der Waals surface area (Å²) < 4.78 is 5.12. The molecule has 0 aliphatic carbocycles. The number of nitrogens with one attached hydrogen (secondary N) is 1. The van der Waals surface area contributed by atoms with Crippen LogP contribution in [-0.4, -0.2) is 66.1 Å². The summed E-state index contributed by atoms with van der Waals surface area (Å²) in [4.78, 5) is 23.3. The van der Waals surface area contributed by atoms with Gasteiger partial charge in [0.25, 0.3) is 0 Å². The van der Waals surface area contributed by atoms with Crippen molar-refractivity contribution in [2.75, 3.05) is 32.9 Å². The molecule has 0 bridgehead atoms. The standard InChI is InChI=1S/C9H16N2O5/c12-5-7-6-16-4-3-11(7)9(15)10-2-1-8(13)14/h7,12H,1-6H2,(H,10,15)(H,13,14). The van der Waals surface area contributed by atoms with Crippen molar-refractivity contribution in [3.05, 3.63) is 0 Å². The molecule has 0 aromatic heterocycles. The molecule has 0 radical (unpaired) electrons. The number of carboxylic acids is 1. The van der Waals surface area contributed by atoms with Gasteiger partial charge in [-0.3, -0.25) is 4.79 Å². The second-order valence-corrected chi connectivity index (χ2v) is 3.48. The largest absolute Gasteiger partial charge is 0.481 e. The molecular formula is C9H16N2O5. The van der Waals surface area contributed by atoms with Crippen molar-refractivity contribution < 1.29 is 24.5 Å². The molecule has 1 rings (SSSR count). The number of ether oxygens (including phenoxy) is 1. The Kier molecular flexibility index (Phi) is 5.00. The highest BCUT2D eigenvalue weighted by atomic mass is 16.5. The van der Waals surface area contributed by atoms with Gasteiger partial charge in [0.05, 0.1) is 32.3 Å². The highest BCUT2D eigenvalue weighted by Gasteiger charge is 2.26. The van der Waals surface area contributed by atoms with Crippen molar-refractivity contribution in [2.24, 2.45) is 0 Å². The van der Waals surface area contributed by atoms with E-state index < -0.39 is 5.97 Å². The number of carbonyl (C=O) groups excluding carboxylic acids is 1. The van der Waals surface area contributed by atoms with Gasteiger partial charge < -0.3 is 25.2 Å². The zero-order valence-electron chi connectivity index (χ0n) is 8.89. The fraction of sp³-hybridized carbons (Fsp3) is 0.778. The van der Waals surface area contributed by atoms with Crippen LogP contribution >= 0.6 is 0 Å². The van der Waals surface area contributed by atoms with Crippen molar-refractivity contribution in [3.8, 4) is 0 Å². The van der Waals surface area contributed by atoms with Gasteiger partial charge in [-0.2, -0.15) is 0 Å². The Morgan fingerprint density at radius 1 is 1.50 bits per heavy atom. The molecule has 92 valence electrons. The van der Waals surface area contributed by atoms with Crippen molar-refractivity contribution >= 4 is 12.0 Å². The van der Waals surface area contributed by atoms with Crippen LogP contribution in [0.1, 0.15) is 6.42 Å². The van der Waals surface area contributed by atoms with Crippen LogP contribution in [0.3, 0.4) is 0 Å². The second kappa shape index (κ2) is 6.29. The van der Waals surface area contributed by atoms with E-state index >= 15 is 0 Å². The Morgan fingerprint density at radius 3 is 2.88 bits per heavy atom. The molecule has 7 heteroatoms. The van der Waals surface area contributed by atoms with Crippen molar-refractivity contribution in [3.63, 3.8) is 0 Å². The number of rotatable bonds is 4. The Bertz CT molecular complexity index is 258. The third-order valence-corrected chi connectivity index (χ3v) is 2.31. The number of urea groups is 1. The maximum absolute atomic E-state index is 11.6. The van der Waals surface area contributed by atoms with Gasteiger partial charge in [-0.25, -0.2) is 4.79 Å². The number of hydrogen-bond acceptors (Lipinski definition) is 4. The van der Waals surface area contributed by atoms with E-state index in [1.54, 1.807) is 0 Å².